The second-order valence-corrected chi connectivity index (χ2v) is 26.6. The molecule has 0 unspecified atom stereocenters. The number of fused-ring (bicyclic) bond motifs is 2. The number of methoxy groups -OCH3 is 1. The van der Waals surface area contributed by atoms with E-state index in [1.54, 1.807) is 13.2 Å². The van der Waals surface area contributed by atoms with E-state index in [-0.39, 0.29) is 54.2 Å². The van der Waals surface area contributed by atoms with Crippen molar-refractivity contribution in [2.75, 3.05) is 12.4 Å². The first-order valence-corrected chi connectivity index (χ1v) is 24.7. The Morgan fingerprint density at radius 2 is 1.07 bits per heavy atom. The molecule has 4 aliphatic carbocycles. The number of alkyl halides is 2. The van der Waals surface area contributed by atoms with E-state index in [1.165, 1.54) is 36.8 Å². The lowest BCUT2D eigenvalue weighted by molar-refractivity contribution is -0.158. The third-order valence-corrected chi connectivity index (χ3v) is 14.8. The van der Waals surface area contributed by atoms with Crippen LogP contribution in [0, 0.1) is 71.0 Å². The number of aliphatic carboxylic acids is 2. The van der Waals surface area contributed by atoms with Crippen LogP contribution in [0.3, 0.4) is 0 Å². The number of rotatable bonds is 7. The minimum Gasteiger partial charge on any atom is -0.508 e. The summed E-state index contributed by atoms with van der Waals surface area (Å²) in [6.07, 6.45) is 12.4. The molecular weight excluding hydrogens is 970 g/mol. The van der Waals surface area contributed by atoms with Gasteiger partial charge in [0.05, 0.1) is 24.3 Å². The number of carboxylic acids is 2. The van der Waals surface area contributed by atoms with Crippen LogP contribution in [0.5, 0.6) is 11.5 Å². The normalized spacial score (nSPS) is 30.5. The maximum absolute atomic E-state index is 12.1. The lowest BCUT2D eigenvalue weighted by atomic mass is 9.46. The second kappa shape index (κ2) is 21.9. The van der Waals surface area contributed by atoms with Crippen LogP contribution in [0.2, 0.25) is 0 Å². The van der Waals surface area contributed by atoms with Gasteiger partial charge in [0.2, 0.25) is 0 Å². The Morgan fingerprint density at radius 1 is 0.690 bits per heavy atom. The Kier molecular flexibility index (Phi) is 19.4. The lowest BCUT2D eigenvalue weighted by Gasteiger charge is -2.59. The molecule has 0 amide bonds. The van der Waals surface area contributed by atoms with E-state index >= 15 is 0 Å². The molecule has 58 heavy (non-hydrogen) atoms. The van der Waals surface area contributed by atoms with Gasteiger partial charge in [-0.1, -0.05) is 66.5 Å². The van der Waals surface area contributed by atoms with E-state index in [4.69, 9.17) is 27.9 Å². The molecule has 0 spiro atoms. The third-order valence-electron chi connectivity index (χ3n) is 14.8. The Morgan fingerprint density at radius 3 is 1.43 bits per heavy atom. The minimum atomic E-state index is -0.648. The topological polar surface area (TPSA) is 104 Å². The number of carboxylic acid groups (broad SMARTS) is 2. The first kappa shape index (κ1) is 51.4. The first-order chi connectivity index (χ1) is 26.9. The highest BCUT2D eigenvalue weighted by Crippen LogP contribution is 2.63. The summed E-state index contributed by atoms with van der Waals surface area (Å²) >= 11 is 18.8. The van der Waals surface area contributed by atoms with Gasteiger partial charge in [-0.3, -0.25) is 9.59 Å². The molecule has 12 heteroatoms. The Labute approximate surface area is 384 Å². The predicted molar refractivity (Wildman–Crippen MR) is 253 cm³/mol. The van der Waals surface area contributed by atoms with Gasteiger partial charge in [-0.05, 0) is 170 Å². The largest absolute Gasteiger partial charge is 0.508 e. The summed E-state index contributed by atoms with van der Waals surface area (Å²) in [5.41, 5.74) is 5.23. The van der Waals surface area contributed by atoms with Crippen LogP contribution in [-0.2, 0) is 22.4 Å². The predicted octanol–water partition coefficient (Wildman–Crippen LogP) is 14.3. The molecule has 0 bridgehead atoms. The fourth-order valence-electron chi connectivity index (χ4n) is 12.5. The number of phenols is 1. The molecule has 0 heterocycles. The van der Waals surface area contributed by atoms with Crippen molar-refractivity contribution in [1.29, 1.82) is 0 Å². The number of hydrogen-bond acceptors (Lipinski definition) is 4. The van der Waals surface area contributed by atoms with Crippen molar-refractivity contribution in [2.24, 2.45) is 57.2 Å². The number of halogens is 5. The van der Waals surface area contributed by atoms with Crippen molar-refractivity contribution in [3.63, 3.8) is 0 Å². The maximum atomic E-state index is 12.1. The van der Waals surface area contributed by atoms with Gasteiger partial charge >= 0.3 is 15.1 Å². The van der Waals surface area contributed by atoms with E-state index in [0.29, 0.717) is 17.3 Å². The standard InChI is InChI=1S/C23H34O3.C22H32O3.CH2Cl2.BBr3/c1-15-11-16(13-17(12-15)26-5)14-19-18(21(24)25)7-8-20-22(2,3)9-6-10-23(19,20)4;1-14-10-15(12-16(23)11-14)13-18-17(20(24)25)6-7-19-21(2,3)8-5-9-22(18,19)4;2-1-3;2-1(3)4/h11-13,18-20H,6-10,14H2,1-5H3,(H,24,25);10-12,17-19,23H,5-9,13H2,1-4H3,(H,24,25);1H2;/t18-,19-,20-,23+;17-,18-,19-,22+;;/m00../s1. The van der Waals surface area contributed by atoms with Crippen molar-refractivity contribution in [3.8, 4) is 11.5 Å². The highest BCUT2D eigenvalue weighted by atomic mass is 79.9. The molecule has 2 aromatic carbocycles. The zero-order valence-corrected chi connectivity index (χ0v) is 42.4. The Hall–Kier alpha value is -0.935. The average molecular weight is 1040 g/mol. The highest BCUT2D eigenvalue weighted by Gasteiger charge is 2.57. The van der Waals surface area contributed by atoms with Crippen molar-refractivity contribution >= 4 is 85.6 Å². The van der Waals surface area contributed by atoms with E-state index in [0.717, 1.165) is 68.2 Å². The van der Waals surface area contributed by atoms with E-state index < -0.39 is 11.9 Å². The lowest BCUT2D eigenvalue weighted by Crippen LogP contribution is -2.53. The smallest absolute Gasteiger partial charge is 0.369 e. The number of aryl methyl sites for hydroxylation is 2. The average Bonchev–Trinajstić information content (AvgIpc) is 3.08. The van der Waals surface area contributed by atoms with E-state index in [9.17, 15) is 24.9 Å². The molecule has 2 aromatic rings. The molecular formula is C46H68BBr3Cl2O6. The van der Waals surface area contributed by atoms with Gasteiger partial charge in [-0.15, -0.1) is 70.5 Å². The molecule has 6 nitrogen and oxygen atoms in total. The molecule has 4 aliphatic rings. The zero-order chi connectivity index (χ0) is 43.8. The Bertz CT molecular complexity index is 1650. The summed E-state index contributed by atoms with van der Waals surface area (Å²) in [6.45, 7) is 18.3. The number of carbonyl (C=O) groups is 2. The zero-order valence-electron chi connectivity index (χ0n) is 36.2. The van der Waals surface area contributed by atoms with Crippen LogP contribution in [-0.4, -0.2) is 42.9 Å². The van der Waals surface area contributed by atoms with E-state index in [1.807, 2.05) is 19.1 Å². The summed E-state index contributed by atoms with van der Waals surface area (Å²) in [6, 6.07) is 12.0. The monoisotopic (exact) mass is 1030 g/mol. The highest BCUT2D eigenvalue weighted by molar-refractivity contribution is 9.69. The molecule has 6 rings (SSSR count). The van der Waals surface area contributed by atoms with Crippen LogP contribution in [0.15, 0.2) is 36.4 Å². The second-order valence-electron chi connectivity index (χ2n) is 19.4. The fraction of sp³-hybridized carbons (Fsp3) is 0.696. The number of hydrogen-bond donors (Lipinski definition) is 3. The molecule has 3 N–H and O–H groups in total. The van der Waals surface area contributed by atoms with Crippen molar-refractivity contribution in [2.45, 2.75) is 132 Å². The number of benzene rings is 2. The third kappa shape index (κ3) is 13.0. The van der Waals surface area contributed by atoms with Crippen molar-refractivity contribution in [3.05, 3.63) is 58.7 Å². The molecule has 4 fully saturated rings. The van der Waals surface area contributed by atoms with Gasteiger partial charge < -0.3 is 20.1 Å². The van der Waals surface area contributed by atoms with Gasteiger partial charge in [0.1, 0.15) is 11.5 Å². The molecule has 8 atom stereocenters. The van der Waals surface area contributed by atoms with Crippen LogP contribution in [0.25, 0.3) is 0 Å². The number of phenolic OH excluding ortho intramolecular Hbond substituents is 1. The van der Waals surface area contributed by atoms with Crippen molar-refractivity contribution in [1.82, 2.24) is 0 Å². The van der Waals surface area contributed by atoms with Crippen LogP contribution >= 0.6 is 70.5 Å². The van der Waals surface area contributed by atoms with Gasteiger partial charge in [0.25, 0.3) is 0 Å². The van der Waals surface area contributed by atoms with Crippen molar-refractivity contribution < 1.29 is 29.6 Å². The molecule has 0 radical (unpaired) electrons. The summed E-state index contributed by atoms with van der Waals surface area (Å²) in [5, 5.41) is 30.0. The summed E-state index contributed by atoms with van der Waals surface area (Å²) in [7, 11) is 1.69. The number of ether oxygens (including phenoxy) is 1. The SMILES string of the molecule is BrB(Br)Br.COc1cc(C)cc(C[C@H]2[C@@H](C(=O)O)CC[C@H]3C(C)(C)CCC[C@]23C)c1.Cc1cc(O)cc(C[C@H]2[C@@H](C(=O)O)CC[C@H]3C(C)(C)CCC[C@]23C)c1.ClCCl. The first-order valence-electron chi connectivity index (χ1n) is 20.9. The molecule has 0 saturated heterocycles. The molecule has 0 aromatic heterocycles. The fourth-order valence-corrected chi connectivity index (χ4v) is 12.5. The van der Waals surface area contributed by atoms with Gasteiger partial charge in [-0.2, -0.15) is 0 Å². The molecule has 0 aliphatic heterocycles. The van der Waals surface area contributed by atoms with Gasteiger partial charge in [0.15, 0.2) is 0 Å². The minimum absolute atomic E-state index is 0.0580. The van der Waals surface area contributed by atoms with Crippen LogP contribution in [0.4, 0.5) is 0 Å². The van der Waals surface area contributed by atoms with E-state index in [2.05, 4.69) is 114 Å². The maximum Gasteiger partial charge on any atom is 0.369 e. The Balaban J connectivity index is 0.000000268. The van der Waals surface area contributed by atoms with Crippen LogP contribution in [0.1, 0.15) is 128 Å². The summed E-state index contributed by atoms with van der Waals surface area (Å²) in [5.74, 6) is 0.868. The van der Waals surface area contributed by atoms with Gasteiger partial charge in [-0.25, -0.2) is 0 Å². The molecule has 4 saturated carbocycles. The van der Waals surface area contributed by atoms with Gasteiger partial charge in [0, 0.05) is 0 Å². The molecule has 326 valence electrons. The van der Waals surface area contributed by atoms with Crippen LogP contribution < -0.4 is 4.74 Å². The quantitative estimate of drug-likeness (QED) is 0.189. The summed E-state index contributed by atoms with van der Waals surface area (Å²) in [4.78, 5) is 24.1. The number of aromatic hydroxyl groups is 1. The summed E-state index contributed by atoms with van der Waals surface area (Å²) < 4.78 is 5.72.